The van der Waals surface area contributed by atoms with Crippen molar-refractivity contribution in [3.8, 4) is 17.1 Å². The third kappa shape index (κ3) is 2.95. The molecule has 3 aromatic rings. The highest BCUT2D eigenvalue weighted by Gasteiger charge is 2.13. The molecule has 3 rings (SSSR count). The number of anilines is 1. The number of hydrogen-bond donors (Lipinski definition) is 1. The number of rotatable bonds is 2. The summed E-state index contributed by atoms with van der Waals surface area (Å²) < 4.78 is 1.52. The molecule has 2 N–H and O–H groups in total. The second kappa shape index (κ2) is 5.52. The maximum Gasteiger partial charge on any atom is 0.187 e. The highest BCUT2D eigenvalue weighted by molar-refractivity contribution is 6.34. The molecule has 0 amide bonds. The zero-order valence-electron chi connectivity index (χ0n) is 10.5. The van der Waals surface area contributed by atoms with E-state index in [4.69, 9.17) is 40.5 Å². The highest BCUT2D eigenvalue weighted by atomic mass is 35.5. The summed E-state index contributed by atoms with van der Waals surface area (Å²) in [5.74, 6) is 0.488. The van der Waals surface area contributed by atoms with Crippen LogP contribution >= 0.6 is 34.8 Å². The van der Waals surface area contributed by atoms with E-state index < -0.39 is 0 Å². The van der Waals surface area contributed by atoms with Crippen molar-refractivity contribution in [2.24, 2.45) is 0 Å². The van der Waals surface area contributed by atoms with Crippen molar-refractivity contribution in [1.82, 2.24) is 20.2 Å². The maximum atomic E-state index is 6.02. The largest absolute Gasteiger partial charge is 0.399 e. The zero-order chi connectivity index (χ0) is 15.0. The van der Waals surface area contributed by atoms with Crippen LogP contribution in [-0.2, 0) is 0 Å². The number of tetrazole rings is 1. The minimum Gasteiger partial charge on any atom is -0.399 e. The molecule has 0 aliphatic rings. The van der Waals surface area contributed by atoms with Crippen molar-refractivity contribution in [2.45, 2.75) is 0 Å². The first kappa shape index (κ1) is 14.1. The van der Waals surface area contributed by atoms with Gasteiger partial charge in [0.25, 0.3) is 0 Å². The number of aromatic nitrogens is 4. The van der Waals surface area contributed by atoms with Gasteiger partial charge in [-0.3, -0.25) is 0 Å². The smallest absolute Gasteiger partial charge is 0.187 e. The van der Waals surface area contributed by atoms with Gasteiger partial charge >= 0.3 is 0 Å². The molecule has 5 nitrogen and oxygen atoms in total. The fraction of sp³-hybridized carbons (Fsp3) is 0. The van der Waals surface area contributed by atoms with E-state index in [0.717, 1.165) is 0 Å². The van der Waals surface area contributed by atoms with E-state index >= 15 is 0 Å². The Bertz CT molecular complexity index is 709. The lowest BCUT2D eigenvalue weighted by Gasteiger charge is -2.07. The van der Waals surface area contributed by atoms with Crippen LogP contribution in [0.4, 0.5) is 5.69 Å². The van der Waals surface area contributed by atoms with Crippen LogP contribution < -0.4 is 5.73 Å². The molecule has 106 valence electrons. The summed E-state index contributed by atoms with van der Waals surface area (Å²) in [5, 5.41) is 13.1. The molecule has 0 atom stereocenters. The predicted octanol–water partition coefficient (Wildman–Crippen LogP) is 3.87. The number of nitrogens with zero attached hydrogens (tertiary/aromatic N) is 4. The number of hydrogen-bond acceptors (Lipinski definition) is 4. The fourth-order valence-electron chi connectivity index (χ4n) is 1.94. The van der Waals surface area contributed by atoms with Gasteiger partial charge in [-0.1, -0.05) is 34.8 Å². The van der Waals surface area contributed by atoms with E-state index in [1.165, 1.54) is 4.68 Å². The first-order valence-electron chi connectivity index (χ1n) is 5.84. The normalized spacial score (nSPS) is 10.8. The zero-order valence-corrected chi connectivity index (χ0v) is 12.7. The van der Waals surface area contributed by atoms with Gasteiger partial charge in [0.05, 0.1) is 5.69 Å². The van der Waals surface area contributed by atoms with Gasteiger partial charge in [-0.2, -0.15) is 4.68 Å². The van der Waals surface area contributed by atoms with Gasteiger partial charge in [0.15, 0.2) is 5.82 Å². The highest BCUT2D eigenvalue weighted by Crippen LogP contribution is 2.27. The van der Waals surface area contributed by atoms with Crippen LogP contribution in [0.2, 0.25) is 15.1 Å². The number of nitrogens with two attached hydrogens (primary N) is 1. The van der Waals surface area contributed by atoms with Crippen LogP contribution in [0.1, 0.15) is 0 Å². The summed E-state index contributed by atoms with van der Waals surface area (Å²) in [5.41, 5.74) is 7.66. The van der Waals surface area contributed by atoms with Gasteiger partial charge in [0.1, 0.15) is 0 Å². The first-order valence-corrected chi connectivity index (χ1v) is 6.97. The SMILES string of the molecule is Nc1cc(Cl)cc(-c2nnnn2-c2cc(Cl)cc(Cl)c2)c1. The van der Waals surface area contributed by atoms with Crippen molar-refractivity contribution in [1.29, 1.82) is 0 Å². The van der Waals surface area contributed by atoms with Crippen molar-refractivity contribution >= 4 is 40.5 Å². The van der Waals surface area contributed by atoms with Crippen LogP contribution in [-0.4, -0.2) is 20.2 Å². The number of halogens is 3. The minimum atomic E-state index is 0.488. The van der Waals surface area contributed by atoms with E-state index in [9.17, 15) is 0 Å². The fourth-order valence-corrected chi connectivity index (χ4v) is 2.70. The molecule has 0 spiro atoms. The predicted molar refractivity (Wildman–Crippen MR) is 84.0 cm³/mol. The van der Waals surface area contributed by atoms with Crippen LogP contribution in [0.5, 0.6) is 0 Å². The van der Waals surface area contributed by atoms with Gasteiger partial charge in [-0.05, 0) is 46.8 Å². The molecule has 1 heterocycles. The lowest BCUT2D eigenvalue weighted by atomic mass is 10.2. The van der Waals surface area contributed by atoms with E-state index in [-0.39, 0.29) is 0 Å². The molecule has 0 aliphatic carbocycles. The lowest BCUT2D eigenvalue weighted by Crippen LogP contribution is -2.00. The molecular formula is C13H8Cl3N5. The third-order valence-electron chi connectivity index (χ3n) is 2.74. The maximum absolute atomic E-state index is 6.02. The average Bonchev–Trinajstić information content (AvgIpc) is 2.85. The second-order valence-corrected chi connectivity index (χ2v) is 5.62. The van der Waals surface area contributed by atoms with E-state index in [1.54, 1.807) is 36.4 Å². The summed E-state index contributed by atoms with van der Waals surface area (Å²) in [6.07, 6.45) is 0. The third-order valence-corrected chi connectivity index (χ3v) is 3.39. The van der Waals surface area contributed by atoms with Gasteiger partial charge in [0, 0.05) is 26.3 Å². The molecule has 8 heteroatoms. The molecule has 0 fully saturated rings. The number of nitrogen functional groups attached to an aromatic ring is 1. The Morgan fingerprint density at radius 3 is 2.19 bits per heavy atom. The molecule has 1 aromatic heterocycles. The molecule has 0 unspecified atom stereocenters. The van der Waals surface area contributed by atoms with Crippen LogP contribution in [0.15, 0.2) is 36.4 Å². The Hall–Kier alpha value is -1.82. The van der Waals surface area contributed by atoms with Crippen molar-refractivity contribution < 1.29 is 0 Å². The van der Waals surface area contributed by atoms with E-state index in [1.807, 2.05) is 0 Å². The molecule has 0 bridgehead atoms. The summed E-state index contributed by atoms with van der Waals surface area (Å²) in [7, 11) is 0. The Morgan fingerprint density at radius 2 is 1.52 bits per heavy atom. The molecule has 0 radical (unpaired) electrons. The van der Waals surface area contributed by atoms with Crippen molar-refractivity contribution in [3.63, 3.8) is 0 Å². The quantitative estimate of drug-likeness (QED) is 0.719. The number of benzene rings is 2. The van der Waals surface area contributed by atoms with Crippen LogP contribution in [0, 0.1) is 0 Å². The van der Waals surface area contributed by atoms with Gasteiger partial charge in [-0.15, -0.1) is 5.10 Å². The van der Waals surface area contributed by atoms with Gasteiger partial charge in [-0.25, -0.2) is 0 Å². The summed E-state index contributed by atoms with van der Waals surface area (Å²) in [4.78, 5) is 0. The van der Waals surface area contributed by atoms with Crippen LogP contribution in [0.25, 0.3) is 17.1 Å². The Kier molecular flexibility index (Phi) is 3.71. The second-order valence-electron chi connectivity index (χ2n) is 4.32. The molecule has 21 heavy (non-hydrogen) atoms. The lowest BCUT2D eigenvalue weighted by molar-refractivity contribution is 0.791. The minimum absolute atomic E-state index is 0.488. The molecule has 0 saturated heterocycles. The van der Waals surface area contributed by atoms with Crippen molar-refractivity contribution in [2.75, 3.05) is 5.73 Å². The molecule has 0 aliphatic heterocycles. The summed E-state index contributed by atoms with van der Waals surface area (Å²) in [6, 6.07) is 10.2. The first-order chi connectivity index (χ1) is 10.0. The average molecular weight is 341 g/mol. The Labute approximate surface area is 135 Å². The van der Waals surface area contributed by atoms with Gasteiger partial charge in [0.2, 0.25) is 0 Å². The summed E-state index contributed by atoms with van der Waals surface area (Å²) in [6.45, 7) is 0. The topological polar surface area (TPSA) is 69.6 Å². The molecular weight excluding hydrogens is 333 g/mol. The Balaban J connectivity index is 2.16. The Morgan fingerprint density at radius 1 is 0.857 bits per heavy atom. The van der Waals surface area contributed by atoms with Crippen LogP contribution in [0.3, 0.4) is 0 Å². The van der Waals surface area contributed by atoms with E-state index in [2.05, 4.69) is 15.5 Å². The van der Waals surface area contributed by atoms with E-state index in [0.29, 0.717) is 37.8 Å². The standard InChI is InChI=1S/C13H8Cl3N5/c14-8-1-7(2-11(17)4-8)13-18-19-20-21(13)12-5-9(15)3-10(16)6-12/h1-6H,17H2. The molecule has 0 saturated carbocycles. The van der Waals surface area contributed by atoms with Gasteiger partial charge < -0.3 is 5.73 Å². The monoisotopic (exact) mass is 339 g/mol. The summed E-state index contributed by atoms with van der Waals surface area (Å²) >= 11 is 18.0. The molecule has 2 aromatic carbocycles. The van der Waals surface area contributed by atoms with Crippen molar-refractivity contribution in [3.05, 3.63) is 51.5 Å².